The average molecular weight is 277 g/mol. The van der Waals surface area contributed by atoms with Crippen LogP contribution >= 0.6 is 11.3 Å². The fourth-order valence-corrected chi connectivity index (χ4v) is 2.76. The van der Waals surface area contributed by atoms with Crippen molar-refractivity contribution in [2.24, 2.45) is 0 Å². The third kappa shape index (κ3) is 4.09. The first-order valence-electron chi connectivity index (χ1n) is 6.33. The van der Waals surface area contributed by atoms with E-state index in [2.05, 4.69) is 27.2 Å². The number of aliphatic hydroxyl groups is 1. The second-order valence-electron chi connectivity index (χ2n) is 4.66. The van der Waals surface area contributed by atoms with Crippen molar-refractivity contribution in [3.05, 3.63) is 45.9 Å². The minimum absolute atomic E-state index is 0.103. The molecule has 0 aliphatic rings. The lowest BCUT2D eigenvalue weighted by Crippen LogP contribution is -2.36. The summed E-state index contributed by atoms with van der Waals surface area (Å²) in [5.74, 6) is 0. The zero-order valence-electron chi connectivity index (χ0n) is 11.3. The van der Waals surface area contributed by atoms with Gasteiger partial charge in [-0.3, -0.25) is 4.90 Å². The van der Waals surface area contributed by atoms with Gasteiger partial charge in [0.1, 0.15) is 10.0 Å². The summed E-state index contributed by atoms with van der Waals surface area (Å²) in [6.07, 6.45) is 0.839. The molecule has 0 bridgehead atoms. The van der Waals surface area contributed by atoms with Crippen LogP contribution in [-0.2, 0) is 13.0 Å². The first-order chi connectivity index (χ1) is 9.19. The van der Waals surface area contributed by atoms with Crippen molar-refractivity contribution < 1.29 is 5.11 Å². The average Bonchev–Trinajstić information content (AvgIpc) is 2.82. The summed E-state index contributed by atoms with van der Waals surface area (Å²) >= 11 is 1.60. The van der Waals surface area contributed by atoms with E-state index in [1.54, 1.807) is 11.3 Å². The largest absolute Gasteiger partial charge is 0.395 e. The van der Waals surface area contributed by atoms with E-state index in [1.807, 2.05) is 32.2 Å². The molecule has 0 saturated heterocycles. The highest BCUT2D eigenvalue weighted by molar-refractivity contribution is 7.11. The van der Waals surface area contributed by atoms with Gasteiger partial charge in [0.15, 0.2) is 0 Å². The maximum atomic E-state index is 9.57. The summed E-state index contributed by atoms with van der Waals surface area (Å²) in [4.78, 5) is 2.13. The van der Waals surface area contributed by atoms with Gasteiger partial charge in [0, 0.05) is 6.04 Å². The van der Waals surface area contributed by atoms with Crippen LogP contribution in [0.25, 0.3) is 0 Å². The molecule has 2 aromatic rings. The van der Waals surface area contributed by atoms with E-state index < -0.39 is 0 Å². The van der Waals surface area contributed by atoms with Crippen molar-refractivity contribution in [2.45, 2.75) is 25.9 Å². The van der Waals surface area contributed by atoms with Crippen molar-refractivity contribution in [1.29, 1.82) is 0 Å². The summed E-state index contributed by atoms with van der Waals surface area (Å²) < 4.78 is 0. The fraction of sp³-hybridized carbons (Fsp3) is 0.429. The Labute approximate surface area is 117 Å². The molecular formula is C14H19N3OS. The SMILES string of the molecule is Cc1nnc(CN(C)C(CO)Cc2ccccc2)s1. The molecule has 1 aromatic carbocycles. The van der Waals surface area contributed by atoms with Crippen LogP contribution in [0.15, 0.2) is 30.3 Å². The van der Waals surface area contributed by atoms with Crippen LogP contribution in [0.4, 0.5) is 0 Å². The van der Waals surface area contributed by atoms with E-state index in [9.17, 15) is 5.11 Å². The van der Waals surface area contributed by atoms with Crippen molar-refractivity contribution >= 4 is 11.3 Å². The number of hydrogen-bond acceptors (Lipinski definition) is 5. The smallest absolute Gasteiger partial charge is 0.131 e. The monoisotopic (exact) mass is 277 g/mol. The highest BCUT2D eigenvalue weighted by atomic mass is 32.1. The number of hydrogen-bond donors (Lipinski definition) is 1. The highest BCUT2D eigenvalue weighted by Gasteiger charge is 2.16. The maximum absolute atomic E-state index is 9.57. The number of nitrogens with zero attached hydrogens (tertiary/aromatic N) is 3. The number of rotatable bonds is 6. The van der Waals surface area contributed by atoms with E-state index >= 15 is 0 Å². The van der Waals surface area contributed by atoms with Crippen molar-refractivity contribution in [2.75, 3.05) is 13.7 Å². The number of aliphatic hydroxyl groups excluding tert-OH is 1. The minimum atomic E-state index is 0.103. The van der Waals surface area contributed by atoms with E-state index in [1.165, 1.54) is 5.56 Å². The van der Waals surface area contributed by atoms with Gasteiger partial charge in [0.25, 0.3) is 0 Å². The second kappa shape index (κ2) is 6.75. The van der Waals surface area contributed by atoms with Gasteiger partial charge in [0.05, 0.1) is 13.2 Å². The van der Waals surface area contributed by atoms with Gasteiger partial charge >= 0.3 is 0 Å². The molecule has 1 unspecified atom stereocenters. The normalized spacial score (nSPS) is 12.8. The Morgan fingerprint density at radius 3 is 2.58 bits per heavy atom. The molecule has 1 heterocycles. The van der Waals surface area contributed by atoms with Gasteiger partial charge in [0.2, 0.25) is 0 Å². The lowest BCUT2D eigenvalue weighted by Gasteiger charge is -2.25. The van der Waals surface area contributed by atoms with Gasteiger partial charge in [-0.1, -0.05) is 30.3 Å². The highest BCUT2D eigenvalue weighted by Crippen LogP contribution is 2.14. The number of benzene rings is 1. The number of likely N-dealkylation sites (N-methyl/N-ethyl adjacent to an activating group) is 1. The zero-order chi connectivity index (χ0) is 13.7. The molecule has 0 fully saturated rings. The van der Waals surface area contributed by atoms with Gasteiger partial charge in [-0.05, 0) is 26.0 Å². The number of aromatic nitrogens is 2. The molecule has 0 radical (unpaired) electrons. The lowest BCUT2D eigenvalue weighted by molar-refractivity contribution is 0.141. The quantitative estimate of drug-likeness (QED) is 0.876. The molecule has 5 heteroatoms. The van der Waals surface area contributed by atoms with Gasteiger partial charge in [-0.25, -0.2) is 0 Å². The minimum Gasteiger partial charge on any atom is -0.395 e. The Hall–Kier alpha value is -1.30. The van der Waals surface area contributed by atoms with Crippen LogP contribution in [0.5, 0.6) is 0 Å². The van der Waals surface area contributed by atoms with Gasteiger partial charge < -0.3 is 5.11 Å². The Balaban J connectivity index is 1.97. The fourth-order valence-electron chi connectivity index (χ4n) is 1.99. The third-order valence-corrected chi connectivity index (χ3v) is 3.92. The summed E-state index contributed by atoms with van der Waals surface area (Å²) in [5, 5.41) is 19.7. The van der Waals surface area contributed by atoms with Crippen molar-refractivity contribution in [3.63, 3.8) is 0 Å². The Bertz CT molecular complexity index is 500. The molecule has 0 aliphatic heterocycles. The summed E-state index contributed by atoms with van der Waals surface area (Å²) in [6, 6.07) is 10.3. The molecule has 1 atom stereocenters. The summed E-state index contributed by atoms with van der Waals surface area (Å²) in [7, 11) is 2.01. The second-order valence-corrected chi connectivity index (χ2v) is 5.92. The van der Waals surface area contributed by atoms with Gasteiger partial charge in [-0.15, -0.1) is 21.5 Å². The van der Waals surface area contributed by atoms with Crippen molar-refractivity contribution in [1.82, 2.24) is 15.1 Å². The standard InChI is InChI=1S/C14H19N3OS/c1-11-15-16-14(19-11)9-17(2)13(10-18)8-12-6-4-3-5-7-12/h3-7,13,18H,8-10H2,1-2H3. The van der Waals surface area contributed by atoms with E-state index in [-0.39, 0.29) is 12.6 Å². The molecule has 19 heavy (non-hydrogen) atoms. The first kappa shape index (κ1) is 14.1. The van der Waals surface area contributed by atoms with E-state index in [4.69, 9.17) is 0 Å². The molecular weight excluding hydrogens is 258 g/mol. The Kier molecular flexibility index (Phi) is 5.01. The molecule has 2 rings (SSSR count). The van der Waals surface area contributed by atoms with E-state index in [0.29, 0.717) is 0 Å². The Morgan fingerprint density at radius 2 is 2.00 bits per heavy atom. The van der Waals surface area contributed by atoms with Crippen LogP contribution in [0, 0.1) is 6.92 Å². The summed E-state index contributed by atoms with van der Waals surface area (Å²) in [5.41, 5.74) is 1.24. The molecule has 0 spiro atoms. The predicted octanol–water partition coefficient (Wildman–Crippen LogP) is 1.88. The van der Waals surface area contributed by atoms with Crippen molar-refractivity contribution in [3.8, 4) is 0 Å². The van der Waals surface area contributed by atoms with E-state index in [0.717, 1.165) is 23.0 Å². The molecule has 0 aliphatic carbocycles. The lowest BCUT2D eigenvalue weighted by atomic mass is 10.1. The molecule has 0 amide bonds. The maximum Gasteiger partial charge on any atom is 0.131 e. The zero-order valence-corrected chi connectivity index (χ0v) is 12.1. The number of aryl methyl sites for hydroxylation is 1. The molecule has 1 N–H and O–H groups in total. The van der Waals surface area contributed by atoms with Crippen LogP contribution < -0.4 is 0 Å². The summed E-state index contributed by atoms with van der Waals surface area (Å²) in [6.45, 7) is 2.82. The van der Waals surface area contributed by atoms with Crippen LogP contribution in [-0.4, -0.2) is 39.9 Å². The molecule has 0 saturated carbocycles. The third-order valence-electron chi connectivity index (χ3n) is 3.10. The molecule has 102 valence electrons. The van der Waals surface area contributed by atoms with Crippen LogP contribution in [0.2, 0.25) is 0 Å². The molecule has 1 aromatic heterocycles. The predicted molar refractivity (Wildman–Crippen MR) is 77.1 cm³/mol. The van der Waals surface area contributed by atoms with Gasteiger partial charge in [-0.2, -0.15) is 0 Å². The van der Waals surface area contributed by atoms with Crippen LogP contribution in [0.3, 0.4) is 0 Å². The Morgan fingerprint density at radius 1 is 1.26 bits per heavy atom. The first-order valence-corrected chi connectivity index (χ1v) is 7.14. The van der Waals surface area contributed by atoms with Crippen LogP contribution in [0.1, 0.15) is 15.6 Å². The topological polar surface area (TPSA) is 49.2 Å². The molecule has 4 nitrogen and oxygen atoms in total.